The van der Waals surface area contributed by atoms with Gasteiger partial charge in [0.2, 0.25) is 0 Å². The second-order valence-electron chi connectivity index (χ2n) is 4.42. The number of ether oxygens (including phenoxy) is 1. The molecule has 0 aromatic carbocycles. The monoisotopic (exact) mass is 434 g/mol. The van der Waals surface area contributed by atoms with E-state index in [-0.39, 0.29) is 0 Å². The van der Waals surface area contributed by atoms with Gasteiger partial charge in [-0.05, 0) is 0 Å². The minimum absolute atomic E-state index is 0.389. The third kappa shape index (κ3) is 5.88. The van der Waals surface area contributed by atoms with Gasteiger partial charge in [-0.3, -0.25) is 0 Å². The Bertz CT molecular complexity index is 796. The SMILES string of the molecule is C=CS(=O)(=O)C(COCC(S(=O)(=O)C=C)S(=O)(=O)C=C)S(=O)(=O)C=C. The zero-order valence-electron chi connectivity index (χ0n) is 13.0. The van der Waals surface area contributed by atoms with Crippen LogP contribution in [0.3, 0.4) is 0 Å². The minimum atomic E-state index is -4.37. The summed E-state index contributed by atoms with van der Waals surface area (Å²) < 4.78 is 94.9. The van der Waals surface area contributed by atoms with Crippen molar-refractivity contribution in [2.24, 2.45) is 0 Å². The standard InChI is InChI=1S/C12H18O9S4/c1-5-22(13,14)11(23(15,16)6-2)9-21-10-12(24(17,18)7-3)25(19,20)8-4/h5-8,11-12H,1-4,9-10H2. The maximum absolute atomic E-state index is 11.8. The van der Waals surface area contributed by atoms with Crippen molar-refractivity contribution in [1.29, 1.82) is 0 Å². The Morgan fingerprint density at radius 3 is 0.920 bits per heavy atom. The first-order chi connectivity index (χ1) is 11.2. The van der Waals surface area contributed by atoms with Crippen molar-refractivity contribution in [3.05, 3.63) is 47.9 Å². The highest BCUT2D eigenvalue weighted by Gasteiger charge is 2.37. The van der Waals surface area contributed by atoms with Gasteiger partial charge in [-0.15, -0.1) is 0 Å². The predicted molar refractivity (Wildman–Crippen MR) is 94.9 cm³/mol. The van der Waals surface area contributed by atoms with Gasteiger partial charge < -0.3 is 4.74 Å². The molecular weight excluding hydrogens is 416 g/mol. The largest absolute Gasteiger partial charge is 0.377 e. The lowest BCUT2D eigenvalue weighted by atomic mass is 10.8. The summed E-state index contributed by atoms with van der Waals surface area (Å²) in [6.45, 7) is 9.90. The zero-order chi connectivity index (χ0) is 20.1. The molecule has 144 valence electrons. The van der Waals surface area contributed by atoms with E-state index in [1.807, 2.05) is 0 Å². The minimum Gasteiger partial charge on any atom is -0.377 e. The quantitative estimate of drug-likeness (QED) is 0.410. The highest BCUT2D eigenvalue weighted by Crippen LogP contribution is 2.17. The molecule has 0 aliphatic heterocycles. The van der Waals surface area contributed by atoms with E-state index in [2.05, 4.69) is 26.3 Å². The fourth-order valence-corrected chi connectivity index (χ4v) is 7.38. The Morgan fingerprint density at radius 1 is 0.560 bits per heavy atom. The van der Waals surface area contributed by atoms with Crippen molar-refractivity contribution in [1.82, 2.24) is 0 Å². The molecule has 0 heterocycles. The van der Waals surface area contributed by atoms with Crippen LogP contribution < -0.4 is 0 Å². The number of sulfone groups is 4. The summed E-state index contributed by atoms with van der Waals surface area (Å²) in [6, 6.07) is 0. The van der Waals surface area contributed by atoms with E-state index < -0.39 is 61.7 Å². The second-order valence-corrected chi connectivity index (χ2v) is 13.3. The molecule has 9 nitrogen and oxygen atoms in total. The fourth-order valence-electron chi connectivity index (χ4n) is 1.44. The van der Waals surface area contributed by atoms with E-state index >= 15 is 0 Å². The molecule has 0 bridgehead atoms. The third-order valence-corrected chi connectivity index (χ3v) is 11.5. The molecule has 13 heteroatoms. The lowest BCUT2D eigenvalue weighted by Gasteiger charge is -2.17. The molecule has 0 aliphatic rings. The van der Waals surface area contributed by atoms with Crippen LogP contribution in [0.25, 0.3) is 0 Å². The van der Waals surface area contributed by atoms with Gasteiger partial charge in [0, 0.05) is 21.6 Å². The smallest absolute Gasteiger partial charge is 0.193 e. The maximum atomic E-state index is 11.8. The van der Waals surface area contributed by atoms with Gasteiger partial charge in [-0.2, -0.15) is 0 Å². The second kappa shape index (κ2) is 8.40. The molecule has 0 aliphatic carbocycles. The molecule has 0 saturated carbocycles. The van der Waals surface area contributed by atoms with E-state index in [1.54, 1.807) is 0 Å². The summed E-state index contributed by atoms with van der Waals surface area (Å²) in [4.78, 5) is 0. The van der Waals surface area contributed by atoms with Gasteiger partial charge in [0.15, 0.2) is 48.5 Å². The van der Waals surface area contributed by atoms with Crippen molar-refractivity contribution in [2.45, 2.75) is 9.16 Å². The van der Waals surface area contributed by atoms with Gasteiger partial charge in [0.05, 0.1) is 13.2 Å². The first kappa shape index (κ1) is 23.7. The van der Waals surface area contributed by atoms with Crippen LogP contribution in [0.2, 0.25) is 0 Å². The first-order valence-corrected chi connectivity index (χ1v) is 12.7. The molecule has 0 atom stereocenters. The zero-order valence-corrected chi connectivity index (χ0v) is 16.3. The van der Waals surface area contributed by atoms with Gasteiger partial charge in [-0.25, -0.2) is 33.7 Å². The van der Waals surface area contributed by atoms with Gasteiger partial charge >= 0.3 is 0 Å². The van der Waals surface area contributed by atoms with Crippen molar-refractivity contribution in [3.8, 4) is 0 Å². The molecule has 0 rings (SSSR count). The van der Waals surface area contributed by atoms with Crippen LogP contribution >= 0.6 is 0 Å². The van der Waals surface area contributed by atoms with Crippen LogP contribution in [-0.4, -0.2) is 56.0 Å². The van der Waals surface area contributed by atoms with Crippen molar-refractivity contribution in [2.75, 3.05) is 13.2 Å². The van der Waals surface area contributed by atoms with E-state index in [4.69, 9.17) is 4.74 Å². The lowest BCUT2D eigenvalue weighted by molar-refractivity contribution is 0.154. The summed E-state index contributed by atoms with van der Waals surface area (Å²) in [5.74, 6) is 0. The summed E-state index contributed by atoms with van der Waals surface area (Å²) in [7, 11) is -17.5. The number of rotatable bonds is 12. The molecule has 0 saturated heterocycles. The summed E-state index contributed by atoms with van der Waals surface area (Å²) in [6.07, 6.45) is 0. The van der Waals surface area contributed by atoms with E-state index in [0.717, 1.165) is 0 Å². The number of hydrogen-bond acceptors (Lipinski definition) is 9. The van der Waals surface area contributed by atoms with Crippen LogP contribution in [0.4, 0.5) is 0 Å². The van der Waals surface area contributed by atoms with E-state index in [9.17, 15) is 33.7 Å². The first-order valence-electron chi connectivity index (χ1n) is 6.25. The molecule has 0 amide bonds. The molecule has 0 unspecified atom stereocenters. The Morgan fingerprint density at radius 2 is 0.760 bits per heavy atom. The van der Waals surface area contributed by atoms with Gasteiger partial charge in [0.1, 0.15) is 0 Å². The van der Waals surface area contributed by atoms with Gasteiger partial charge in [-0.1, -0.05) is 26.3 Å². The highest BCUT2D eigenvalue weighted by molar-refractivity contribution is 8.12. The normalized spacial score (nSPS) is 13.5. The Kier molecular flexibility index (Phi) is 7.97. The molecule has 0 spiro atoms. The summed E-state index contributed by atoms with van der Waals surface area (Å²) in [5, 5.41) is 1.56. The topological polar surface area (TPSA) is 146 Å². The van der Waals surface area contributed by atoms with Crippen molar-refractivity contribution in [3.63, 3.8) is 0 Å². The highest BCUT2D eigenvalue weighted by atomic mass is 32.3. The fraction of sp³-hybridized carbons (Fsp3) is 0.333. The molecule has 0 N–H and O–H groups in total. The number of hydrogen-bond donors (Lipinski definition) is 0. The molecule has 0 fully saturated rings. The van der Waals surface area contributed by atoms with Crippen molar-refractivity contribution >= 4 is 39.3 Å². The molecule has 0 radical (unpaired) electrons. The van der Waals surface area contributed by atoms with Crippen LogP contribution in [0.5, 0.6) is 0 Å². The molecular formula is C12H18O9S4. The Hall–Kier alpha value is -1.28. The maximum Gasteiger partial charge on any atom is 0.193 e. The average molecular weight is 435 g/mol. The molecule has 0 aromatic heterocycles. The van der Waals surface area contributed by atoms with E-state index in [0.29, 0.717) is 21.6 Å². The average Bonchev–Trinajstić information content (AvgIpc) is 2.53. The van der Waals surface area contributed by atoms with Crippen molar-refractivity contribution < 1.29 is 38.4 Å². The van der Waals surface area contributed by atoms with Crippen LogP contribution in [0.1, 0.15) is 0 Å². The Balaban J connectivity index is 5.71. The van der Waals surface area contributed by atoms with Crippen LogP contribution in [0, 0.1) is 0 Å². The third-order valence-electron chi connectivity index (χ3n) is 2.90. The Labute approximate surface area is 148 Å². The summed E-state index contributed by atoms with van der Waals surface area (Å²) >= 11 is 0. The lowest BCUT2D eigenvalue weighted by Crippen LogP contribution is -2.36. The van der Waals surface area contributed by atoms with Gasteiger partial charge in [0.25, 0.3) is 0 Å². The van der Waals surface area contributed by atoms with Crippen LogP contribution in [-0.2, 0) is 44.1 Å². The summed E-state index contributed by atoms with van der Waals surface area (Å²) in [5.41, 5.74) is 0. The van der Waals surface area contributed by atoms with E-state index in [1.165, 1.54) is 0 Å². The molecule has 0 aromatic rings. The molecule has 25 heavy (non-hydrogen) atoms. The van der Waals surface area contributed by atoms with Crippen LogP contribution in [0.15, 0.2) is 47.9 Å². The predicted octanol–water partition coefficient (Wildman–Crippen LogP) is -0.112.